The minimum atomic E-state index is -1.52. The van der Waals surface area contributed by atoms with Crippen LogP contribution in [0, 0.1) is 34.6 Å². The van der Waals surface area contributed by atoms with Gasteiger partial charge in [-0.25, -0.2) is 17.6 Å². The zero-order chi connectivity index (χ0) is 43.6. The predicted molar refractivity (Wildman–Crippen MR) is 240 cm³/mol. The van der Waals surface area contributed by atoms with Gasteiger partial charge in [0.05, 0.1) is 39.0 Å². The largest absolute Gasteiger partial charge is 0.308 e. The van der Waals surface area contributed by atoms with Gasteiger partial charge < -0.3 is 9.13 Å². The molecule has 6 aromatic carbocycles. The van der Waals surface area contributed by atoms with Crippen LogP contribution in [0.5, 0.6) is 0 Å². The quantitative estimate of drug-likeness (QED) is 0.129. The number of hydrogen-bond acceptors (Lipinski definition) is 1. The molecule has 60 heavy (non-hydrogen) atoms. The molecule has 0 saturated carbocycles. The third-order valence-electron chi connectivity index (χ3n) is 12.1. The zero-order valence-electron chi connectivity index (χ0n) is 36.5. The fraction of sp³-hybridized carbons (Fsp3) is 0.302. The third kappa shape index (κ3) is 6.56. The summed E-state index contributed by atoms with van der Waals surface area (Å²) >= 11 is 0. The Kier molecular flexibility index (Phi) is 9.25. The second-order valence-corrected chi connectivity index (χ2v) is 20.4. The van der Waals surface area contributed by atoms with Crippen LogP contribution in [-0.4, -0.2) is 9.13 Å². The van der Waals surface area contributed by atoms with Crippen LogP contribution in [0.4, 0.5) is 17.6 Å². The molecule has 2 aromatic heterocycles. The lowest BCUT2D eigenvalue weighted by molar-refractivity contribution is 0.458. The topological polar surface area (TPSA) is 33.6 Å². The molecule has 8 aromatic rings. The molecule has 0 aliphatic carbocycles. The Morgan fingerprint density at radius 1 is 0.417 bits per heavy atom. The van der Waals surface area contributed by atoms with E-state index in [1.54, 1.807) is 0 Å². The number of nitriles is 1. The van der Waals surface area contributed by atoms with Gasteiger partial charge >= 0.3 is 0 Å². The predicted octanol–water partition coefficient (Wildman–Crippen LogP) is 15.2. The molecule has 0 N–H and O–H groups in total. The molecule has 2 heterocycles. The van der Waals surface area contributed by atoms with Gasteiger partial charge in [-0.05, 0) is 110 Å². The summed E-state index contributed by atoms with van der Waals surface area (Å²) < 4.78 is 66.2. The van der Waals surface area contributed by atoms with Crippen molar-refractivity contribution in [2.45, 2.75) is 105 Å². The van der Waals surface area contributed by atoms with Crippen LogP contribution in [0.25, 0.3) is 66.1 Å². The second-order valence-electron chi connectivity index (χ2n) is 20.4. The monoisotopic (exact) mass is 805 g/mol. The van der Waals surface area contributed by atoms with Crippen molar-refractivity contribution in [2.24, 2.45) is 0 Å². The molecule has 0 unspecified atom stereocenters. The van der Waals surface area contributed by atoms with E-state index in [4.69, 9.17) is 0 Å². The smallest absolute Gasteiger partial charge is 0.169 e. The van der Waals surface area contributed by atoms with Gasteiger partial charge in [-0.3, -0.25) is 0 Å². The van der Waals surface area contributed by atoms with Gasteiger partial charge in [0, 0.05) is 27.6 Å². The number of halogens is 4. The van der Waals surface area contributed by atoms with Gasteiger partial charge in [0.2, 0.25) is 0 Å². The highest BCUT2D eigenvalue weighted by Crippen LogP contribution is 2.44. The zero-order valence-corrected chi connectivity index (χ0v) is 36.5. The van der Waals surface area contributed by atoms with Gasteiger partial charge in [0.1, 0.15) is 11.6 Å². The van der Waals surface area contributed by atoms with Gasteiger partial charge in [0.15, 0.2) is 23.3 Å². The molecule has 7 heteroatoms. The van der Waals surface area contributed by atoms with E-state index in [0.29, 0.717) is 11.4 Å². The van der Waals surface area contributed by atoms with E-state index in [1.165, 1.54) is 12.1 Å². The van der Waals surface area contributed by atoms with Crippen LogP contribution < -0.4 is 0 Å². The lowest BCUT2D eigenvalue weighted by atomic mass is 9.85. The summed E-state index contributed by atoms with van der Waals surface area (Å²) in [5.41, 5.74) is 6.66. The normalized spacial score (nSPS) is 13.0. The average Bonchev–Trinajstić information content (AvgIpc) is 3.66. The molecule has 0 aliphatic heterocycles. The average molecular weight is 806 g/mol. The van der Waals surface area contributed by atoms with Crippen molar-refractivity contribution in [1.82, 2.24) is 9.13 Å². The van der Waals surface area contributed by atoms with E-state index in [2.05, 4.69) is 138 Å². The summed E-state index contributed by atoms with van der Waals surface area (Å²) in [7, 11) is 0. The first-order valence-electron chi connectivity index (χ1n) is 20.5. The second kappa shape index (κ2) is 13.6. The Bertz CT molecular complexity index is 2790. The molecule has 0 spiro atoms. The van der Waals surface area contributed by atoms with Crippen molar-refractivity contribution in [3.8, 4) is 28.6 Å². The van der Waals surface area contributed by atoms with E-state index < -0.39 is 28.8 Å². The van der Waals surface area contributed by atoms with Crippen molar-refractivity contribution < 1.29 is 17.6 Å². The van der Waals surface area contributed by atoms with Gasteiger partial charge in [-0.2, -0.15) is 5.26 Å². The van der Waals surface area contributed by atoms with Gasteiger partial charge in [-0.15, -0.1) is 0 Å². The molecule has 0 saturated heterocycles. The molecule has 3 nitrogen and oxygen atoms in total. The molecule has 306 valence electrons. The number of aromatic nitrogens is 2. The molecule has 0 fully saturated rings. The molecular formula is C53H51F4N3. The number of nitrogens with zero attached hydrogens (tertiary/aromatic N) is 3. The molecule has 0 amide bonds. The Balaban J connectivity index is 1.59. The summed E-state index contributed by atoms with van der Waals surface area (Å²) in [5.74, 6) is -6.07. The minimum Gasteiger partial charge on any atom is -0.308 e. The Labute approximate surface area is 349 Å². The molecule has 0 atom stereocenters. The van der Waals surface area contributed by atoms with Crippen molar-refractivity contribution in [2.75, 3.05) is 0 Å². The summed E-state index contributed by atoms with van der Waals surface area (Å²) in [6.45, 7) is 25.8. The van der Waals surface area contributed by atoms with E-state index in [0.717, 1.165) is 65.9 Å². The van der Waals surface area contributed by atoms with Crippen molar-refractivity contribution in [3.05, 3.63) is 142 Å². The first-order chi connectivity index (χ1) is 27.9. The summed E-state index contributed by atoms with van der Waals surface area (Å²) in [4.78, 5) is 0. The SMILES string of the molecule is CC(C)(C)c1ccc2c(c1)c1cc(C(C)(C)C)ccc1n2-c1cc(-c2c(F)c(F)cc(F)c2F)cc(-n2c3ccc(C(C)(C)C)cc3c3cc(C(C)(C)C)ccc32)c1C#N. The molecule has 0 bridgehead atoms. The van der Waals surface area contributed by atoms with Crippen molar-refractivity contribution in [1.29, 1.82) is 5.26 Å². The fourth-order valence-corrected chi connectivity index (χ4v) is 8.48. The Hall–Kier alpha value is -5.87. The maximum Gasteiger partial charge on any atom is 0.169 e. The molecular weight excluding hydrogens is 755 g/mol. The van der Waals surface area contributed by atoms with E-state index in [-0.39, 0.29) is 38.9 Å². The highest BCUT2D eigenvalue weighted by atomic mass is 19.2. The minimum absolute atomic E-state index is 0.118. The number of rotatable bonds is 3. The summed E-state index contributed by atoms with van der Waals surface area (Å²) in [6, 6.07) is 30.7. The highest BCUT2D eigenvalue weighted by Gasteiger charge is 2.29. The lowest BCUT2D eigenvalue weighted by Gasteiger charge is -2.21. The third-order valence-corrected chi connectivity index (χ3v) is 12.1. The van der Waals surface area contributed by atoms with Crippen LogP contribution in [0.3, 0.4) is 0 Å². The van der Waals surface area contributed by atoms with E-state index in [1.807, 2.05) is 33.4 Å². The molecule has 0 aliphatic rings. The number of hydrogen-bond donors (Lipinski definition) is 0. The van der Waals surface area contributed by atoms with Gasteiger partial charge in [-0.1, -0.05) is 107 Å². The molecule has 8 rings (SSSR count). The maximum absolute atomic E-state index is 16.0. The highest BCUT2D eigenvalue weighted by molar-refractivity contribution is 6.12. The maximum atomic E-state index is 16.0. The van der Waals surface area contributed by atoms with Crippen LogP contribution in [0.1, 0.15) is 111 Å². The number of fused-ring (bicyclic) bond motifs is 6. The summed E-state index contributed by atoms with van der Waals surface area (Å²) in [6.07, 6.45) is 0. The van der Waals surface area contributed by atoms with Crippen LogP contribution in [-0.2, 0) is 21.7 Å². The standard InChI is InChI=1S/C53H51F4N3/c1-50(2,3)30-13-17-41-34(23-30)35-24-31(51(4,5)6)14-18-42(35)59(41)45-21-29(47-48(56)39(54)27-40(55)49(47)57)22-46(38(45)28-58)60-43-19-15-32(52(7,8)9)25-36(43)37-26-33(53(10,11)12)16-20-44(37)60/h13-27H,1-12H3. The van der Waals surface area contributed by atoms with Crippen molar-refractivity contribution >= 4 is 43.6 Å². The van der Waals surface area contributed by atoms with Gasteiger partial charge in [0.25, 0.3) is 0 Å². The Morgan fingerprint density at radius 2 is 0.700 bits per heavy atom. The van der Waals surface area contributed by atoms with Crippen LogP contribution in [0.15, 0.2) is 91.0 Å². The lowest BCUT2D eigenvalue weighted by Crippen LogP contribution is -2.11. The first-order valence-corrected chi connectivity index (χ1v) is 20.5. The van der Waals surface area contributed by atoms with Crippen LogP contribution in [0.2, 0.25) is 0 Å². The summed E-state index contributed by atoms with van der Waals surface area (Å²) in [5, 5.41) is 15.2. The van der Waals surface area contributed by atoms with Crippen LogP contribution >= 0.6 is 0 Å². The van der Waals surface area contributed by atoms with E-state index in [9.17, 15) is 5.26 Å². The molecule has 0 radical (unpaired) electrons. The van der Waals surface area contributed by atoms with E-state index >= 15 is 17.6 Å². The van der Waals surface area contributed by atoms with Crippen molar-refractivity contribution in [3.63, 3.8) is 0 Å². The first kappa shape index (κ1) is 40.9. The Morgan fingerprint density at radius 3 is 0.950 bits per heavy atom. The number of benzene rings is 6. The fourth-order valence-electron chi connectivity index (χ4n) is 8.48.